The highest BCUT2D eigenvalue weighted by Gasteiger charge is 2.39. The minimum atomic E-state index is -0.263. The van der Waals surface area contributed by atoms with E-state index in [1.165, 1.54) is 4.90 Å². The van der Waals surface area contributed by atoms with Gasteiger partial charge >= 0.3 is 0 Å². The van der Waals surface area contributed by atoms with Crippen LogP contribution in [0.1, 0.15) is 46.0 Å². The van der Waals surface area contributed by atoms with Crippen LogP contribution in [0.2, 0.25) is 0 Å². The maximum absolute atomic E-state index is 13.1. The van der Waals surface area contributed by atoms with Crippen molar-refractivity contribution in [1.29, 1.82) is 0 Å². The van der Waals surface area contributed by atoms with E-state index in [0.717, 1.165) is 24.1 Å². The number of amides is 3. The van der Waals surface area contributed by atoms with Crippen molar-refractivity contribution in [2.45, 2.75) is 26.3 Å². The van der Waals surface area contributed by atoms with E-state index in [9.17, 15) is 14.4 Å². The molecule has 7 heteroatoms. The highest BCUT2D eigenvalue weighted by atomic mass is 16.2. The predicted molar refractivity (Wildman–Crippen MR) is 109 cm³/mol. The number of imide groups is 1. The highest BCUT2D eigenvalue weighted by Crippen LogP contribution is 2.34. The topological polar surface area (TPSA) is 82.6 Å². The maximum atomic E-state index is 13.1. The van der Waals surface area contributed by atoms with E-state index >= 15 is 0 Å². The van der Waals surface area contributed by atoms with E-state index in [1.54, 1.807) is 30.6 Å². The molecule has 2 aliphatic rings. The van der Waals surface area contributed by atoms with Gasteiger partial charge in [-0.1, -0.05) is 6.07 Å². The number of anilines is 1. The molecule has 2 aromatic rings. The van der Waals surface area contributed by atoms with Gasteiger partial charge in [0.1, 0.15) is 0 Å². The van der Waals surface area contributed by atoms with Gasteiger partial charge in [0.2, 0.25) is 5.91 Å². The Balaban J connectivity index is 1.54. The van der Waals surface area contributed by atoms with Gasteiger partial charge in [-0.3, -0.25) is 24.3 Å². The van der Waals surface area contributed by atoms with Crippen LogP contribution < -0.4 is 10.2 Å². The Morgan fingerprint density at radius 3 is 2.52 bits per heavy atom. The smallest absolute Gasteiger partial charge is 0.263 e. The number of hydrogen-bond acceptors (Lipinski definition) is 5. The SMILES string of the molecule is CCNC(=O)C1CCN(c2cccc3c2C(=O)N(Cc2ccncc2)C3=O)CC1. The Labute approximate surface area is 169 Å². The lowest BCUT2D eigenvalue weighted by Gasteiger charge is -2.33. The molecule has 1 aromatic carbocycles. The molecule has 0 atom stereocenters. The van der Waals surface area contributed by atoms with Gasteiger partial charge < -0.3 is 10.2 Å². The van der Waals surface area contributed by atoms with Crippen molar-refractivity contribution < 1.29 is 14.4 Å². The van der Waals surface area contributed by atoms with Crippen LogP contribution in [-0.4, -0.2) is 47.2 Å². The number of aromatic nitrogens is 1. The second kappa shape index (κ2) is 8.03. The number of nitrogens with zero attached hydrogens (tertiary/aromatic N) is 3. The Morgan fingerprint density at radius 2 is 1.83 bits per heavy atom. The number of benzene rings is 1. The van der Waals surface area contributed by atoms with Gasteiger partial charge in [0, 0.05) is 37.9 Å². The van der Waals surface area contributed by atoms with E-state index in [-0.39, 0.29) is 30.2 Å². The summed E-state index contributed by atoms with van der Waals surface area (Å²) in [6.07, 6.45) is 4.77. The van der Waals surface area contributed by atoms with Crippen molar-refractivity contribution in [3.8, 4) is 0 Å². The summed E-state index contributed by atoms with van der Waals surface area (Å²) < 4.78 is 0. The summed E-state index contributed by atoms with van der Waals surface area (Å²) in [5, 5.41) is 2.89. The summed E-state index contributed by atoms with van der Waals surface area (Å²) in [5.41, 5.74) is 2.57. The zero-order valence-electron chi connectivity index (χ0n) is 16.4. The van der Waals surface area contributed by atoms with Gasteiger partial charge in [-0.25, -0.2) is 0 Å². The molecule has 150 valence electrons. The monoisotopic (exact) mass is 392 g/mol. The van der Waals surface area contributed by atoms with E-state index in [4.69, 9.17) is 0 Å². The molecule has 0 aliphatic carbocycles. The van der Waals surface area contributed by atoms with Gasteiger partial charge in [0.05, 0.1) is 23.4 Å². The number of nitrogens with one attached hydrogen (secondary N) is 1. The van der Waals surface area contributed by atoms with Crippen molar-refractivity contribution in [3.05, 3.63) is 59.4 Å². The summed E-state index contributed by atoms with van der Waals surface area (Å²) in [4.78, 5) is 45.5. The second-order valence-electron chi connectivity index (χ2n) is 7.41. The van der Waals surface area contributed by atoms with Crippen molar-refractivity contribution in [1.82, 2.24) is 15.2 Å². The average Bonchev–Trinajstić information content (AvgIpc) is 3.00. The number of piperidine rings is 1. The molecule has 4 rings (SSSR count). The Morgan fingerprint density at radius 1 is 1.10 bits per heavy atom. The molecule has 7 nitrogen and oxygen atoms in total. The lowest BCUT2D eigenvalue weighted by atomic mass is 9.94. The molecule has 1 saturated heterocycles. The van der Waals surface area contributed by atoms with Crippen LogP contribution in [-0.2, 0) is 11.3 Å². The van der Waals surface area contributed by atoms with E-state index in [0.29, 0.717) is 30.8 Å². The van der Waals surface area contributed by atoms with Crippen molar-refractivity contribution in [2.24, 2.45) is 5.92 Å². The summed E-state index contributed by atoms with van der Waals surface area (Å²) in [5.74, 6) is -0.423. The third kappa shape index (κ3) is 3.60. The van der Waals surface area contributed by atoms with Crippen LogP contribution in [0.25, 0.3) is 0 Å². The molecule has 1 N–H and O–H groups in total. The Bertz CT molecular complexity index is 936. The fourth-order valence-electron chi connectivity index (χ4n) is 4.09. The molecule has 29 heavy (non-hydrogen) atoms. The first-order valence-electron chi connectivity index (χ1n) is 10.0. The first-order valence-corrected chi connectivity index (χ1v) is 10.0. The molecule has 3 amide bonds. The Hall–Kier alpha value is -3.22. The third-order valence-corrected chi connectivity index (χ3v) is 5.62. The minimum Gasteiger partial charge on any atom is -0.371 e. The third-order valence-electron chi connectivity index (χ3n) is 5.62. The summed E-state index contributed by atoms with van der Waals surface area (Å²) in [7, 11) is 0. The standard InChI is InChI=1S/C22H24N4O3/c1-2-24-20(27)16-8-12-25(13-9-16)18-5-3-4-17-19(18)22(29)26(21(17)28)14-15-6-10-23-11-7-15/h3-7,10-11,16H,2,8-9,12-14H2,1H3,(H,24,27). The second-order valence-corrected chi connectivity index (χ2v) is 7.41. The fourth-order valence-corrected chi connectivity index (χ4v) is 4.09. The van der Waals surface area contributed by atoms with E-state index in [1.807, 2.05) is 19.1 Å². The quantitative estimate of drug-likeness (QED) is 0.789. The molecule has 0 unspecified atom stereocenters. The molecule has 1 fully saturated rings. The molecule has 0 saturated carbocycles. The molecule has 1 aromatic heterocycles. The van der Waals surface area contributed by atoms with Crippen molar-refractivity contribution in [2.75, 3.05) is 24.5 Å². The van der Waals surface area contributed by atoms with Crippen LogP contribution in [0.3, 0.4) is 0 Å². The molecular weight excluding hydrogens is 368 g/mol. The number of fused-ring (bicyclic) bond motifs is 1. The van der Waals surface area contributed by atoms with Gasteiger partial charge in [-0.2, -0.15) is 0 Å². The summed E-state index contributed by atoms with van der Waals surface area (Å²) >= 11 is 0. The maximum Gasteiger partial charge on any atom is 0.263 e. The first-order chi connectivity index (χ1) is 14.1. The van der Waals surface area contributed by atoms with E-state index in [2.05, 4.69) is 15.2 Å². The molecule has 2 aliphatic heterocycles. The zero-order valence-corrected chi connectivity index (χ0v) is 16.4. The molecular formula is C22H24N4O3. The van der Waals surface area contributed by atoms with Gasteiger partial charge in [0.15, 0.2) is 0 Å². The Kier molecular flexibility index (Phi) is 5.29. The molecule has 3 heterocycles. The van der Waals surface area contributed by atoms with Crippen molar-refractivity contribution >= 4 is 23.4 Å². The largest absolute Gasteiger partial charge is 0.371 e. The molecule has 0 spiro atoms. The number of pyridine rings is 1. The van der Waals surface area contributed by atoms with Crippen LogP contribution in [0, 0.1) is 5.92 Å². The van der Waals surface area contributed by atoms with Crippen molar-refractivity contribution in [3.63, 3.8) is 0 Å². The zero-order chi connectivity index (χ0) is 20.4. The summed E-state index contributed by atoms with van der Waals surface area (Å²) in [6.45, 7) is 4.15. The average molecular weight is 392 g/mol. The molecule has 0 bridgehead atoms. The van der Waals surface area contributed by atoms with Gasteiger partial charge in [-0.05, 0) is 49.6 Å². The van der Waals surface area contributed by atoms with Crippen LogP contribution >= 0.6 is 0 Å². The van der Waals surface area contributed by atoms with Crippen LogP contribution in [0.15, 0.2) is 42.7 Å². The lowest BCUT2D eigenvalue weighted by molar-refractivity contribution is -0.125. The fraction of sp³-hybridized carbons (Fsp3) is 0.364. The minimum absolute atomic E-state index is 0.00322. The van der Waals surface area contributed by atoms with Gasteiger partial charge in [-0.15, -0.1) is 0 Å². The van der Waals surface area contributed by atoms with Crippen LogP contribution in [0.4, 0.5) is 5.69 Å². The lowest BCUT2D eigenvalue weighted by Crippen LogP contribution is -2.41. The van der Waals surface area contributed by atoms with Crippen LogP contribution in [0.5, 0.6) is 0 Å². The van der Waals surface area contributed by atoms with Gasteiger partial charge in [0.25, 0.3) is 11.8 Å². The normalized spacial score (nSPS) is 16.9. The number of hydrogen-bond donors (Lipinski definition) is 1. The molecule has 0 radical (unpaired) electrons. The summed E-state index contributed by atoms with van der Waals surface area (Å²) in [6, 6.07) is 9.04. The number of carbonyl (C=O) groups is 3. The number of rotatable bonds is 5. The first kappa shape index (κ1) is 19.1. The number of carbonyl (C=O) groups excluding carboxylic acids is 3. The predicted octanol–water partition coefficient (Wildman–Crippen LogP) is 2.23. The highest BCUT2D eigenvalue weighted by molar-refractivity contribution is 6.23. The van der Waals surface area contributed by atoms with E-state index < -0.39 is 0 Å².